The molecule has 206 valence electrons. The van der Waals surface area contributed by atoms with Gasteiger partial charge in [-0.2, -0.15) is 5.10 Å². The molecule has 0 spiro atoms. The minimum absolute atomic E-state index is 0.177. The van der Waals surface area contributed by atoms with Crippen molar-refractivity contribution < 1.29 is 19.1 Å². The van der Waals surface area contributed by atoms with E-state index in [-0.39, 0.29) is 23.8 Å². The monoisotopic (exact) mass is 573 g/mol. The molecular weight excluding hydrogens is 549 g/mol. The van der Waals surface area contributed by atoms with Crippen molar-refractivity contribution >= 4 is 34.5 Å². The Labute approximate surface area is 245 Å². The van der Waals surface area contributed by atoms with Crippen LogP contribution in [-0.4, -0.2) is 27.2 Å². The maximum Gasteiger partial charge on any atom is 0.335 e. The molecule has 5 aromatic carbocycles. The standard InChI is InChI=1S/C34H24FN3O3S/c35-27-14-10-24(11-15-27)26-18-29(32(39)36-20-21-6-8-25(9-7-21)34(40)41)31-30(19-26)37-38-33(31)42-28-16-12-23(13-17-28)22-4-2-1-3-5-22/h1-19H,20H2,(H,36,39)(H,37,38)(H,40,41). The number of aromatic amines is 1. The molecule has 1 heterocycles. The van der Waals surface area contributed by atoms with E-state index in [4.69, 9.17) is 5.11 Å². The van der Waals surface area contributed by atoms with Gasteiger partial charge in [0.2, 0.25) is 0 Å². The van der Waals surface area contributed by atoms with Crippen molar-refractivity contribution in [3.8, 4) is 22.3 Å². The van der Waals surface area contributed by atoms with Gasteiger partial charge in [0.05, 0.1) is 16.6 Å². The second-order valence-corrected chi connectivity index (χ2v) is 10.7. The summed E-state index contributed by atoms with van der Waals surface area (Å²) in [6, 6.07) is 34.4. The van der Waals surface area contributed by atoms with Gasteiger partial charge in [0.15, 0.2) is 0 Å². The first-order valence-electron chi connectivity index (χ1n) is 13.2. The largest absolute Gasteiger partial charge is 0.478 e. The lowest BCUT2D eigenvalue weighted by atomic mass is 9.99. The Morgan fingerprint density at radius 2 is 1.43 bits per heavy atom. The Morgan fingerprint density at radius 3 is 2.12 bits per heavy atom. The average Bonchev–Trinajstić information content (AvgIpc) is 3.43. The van der Waals surface area contributed by atoms with E-state index in [1.165, 1.54) is 36.0 Å². The number of benzene rings is 5. The number of fused-ring (bicyclic) bond motifs is 1. The van der Waals surface area contributed by atoms with Crippen molar-refractivity contribution in [3.63, 3.8) is 0 Å². The van der Waals surface area contributed by atoms with Crippen molar-refractivity contribution in [1.29, 1.82) is 0 Å². The summed E-state index contributed by atoms with van der Waals surface area (Å²) in [7, 11) is 0. The normalized spacial score (nSPS) is 11.0. The highest BCUT2D eigenvalue weighted by molar-refractivity contribution is 7.99. The molecule has 0 fully saturated rings. The maximum atomic E-state index is 13.6. The van der Waals surface area contributed by atoms with Crippen molar-refractivity contribution in [2.24, 2.45) is 0 Å². The van der Waals surface area contributed by atoms with Crippen LogP contribution >= 0.6 is 11.8 Å². The Hall–Kier alpha value is -5.21. The SMILES string of the molecule is O=C(O)c1ccc(CNC(=O)c2cc(-c3ccc(F)cc3)cc3[nH]nc(Sc4ccc(-c5ccccc5)cc4)c23)cc1. The molecule has 0 unspecified atom stereocenters. The first-order chi connectivity index (χ1) is 20.4. The van der Waals surface area contributed by atoms with E-state index in [2.05, 4.69) is 39.8 Å². The van der Waals surface area contributed by atoms with E-state index >= 15 is 0 Å². The summed E-state index contributed by atoms with van der Waals surface area (Å²) in [4.78, 5) is 25.8. The van der Waals surface area contributed by atoms with Crippen LogP contribution in [-0.2, 0) is 6.54 Å². The average molecular weight is 574 g/mol. The van der Waals surface area contributed by atoms with Crippen LogP contribution in [0.1, 0.15) is 26.3 Å². The number of halogens is 1. The van der Waals surface area contributed by atoms with Crippen LogP contribution in [0.3, 0.4) is 0 Å². The summed E-state index contributed by atoms with van der Waals surface area (Å²) in [6.07, 6.45) is 0. The number of amides is 1. The maximum absolute atomic E-state index is 13.6. The van der Waals surface area contributed by atoms with Gasteiger partial charge in [0.1, 0.15) is 10.8 Å². The number of rotatable bonds is 8. The molecule has 1 aromatic heterocycles. The fourth-order valence-electron chi connectivity index (χ4n) is 4.69. The molecule has 0 saturated heterocycles. The molecule has 6 rings (SSSR count). The van der Waals surface area contributed by atoms with Crippen LogP contribution < -0.4 is 5.32 Å². The van der Waals surface area contributed by atoms with E-state index in [1.807, 2.05) is 36.4 Å². The fraction of sp³-hybridized carbons (Fsp3) is 0.0294. The zero-order valence-corrected chi connectivity index (χ0v) is 23.0. The van der Waals surface area contributed by atoms with Crippen LogP contribution in [0.15, 0.2) is 125 Å². The molecule has 3 N–H and O–H groups in total. The molecule has 42 heavy (non-hydrogen) atoms. The Morgan fingerprint density at radius 1 is 0.786 bits per heavy atom. The molecule has 0 radical (unpaired) electrons. The lowest BCUT2D eigenvalue weighted by molar-refractivity contribution is 0.0696. The zero-order chi connectivity index (χ0) is 29.1. The van der Waals surface area contributed by atoms with E-state index in [0.29, 0.717) is 21.5 Å². The Balaban J connectivity index is 1.33. The number of carbonyl (C=O) groups is 2. The number of hydrogen-bond acceptors (Lipinski definition) is 4. The number of carboxylic acids is 1. The van der Waals surface area contributed by atoms with Gasteiger partial charge >= 0.3 is 5.97 Å². The van der Waals surface area contributed by atoms with Gasteiger partial charge in [0, 0.05) is 16.8 Å². The van der Waals surface area contributed by atoms with Gasteiger partial charge in [-0.1, -0.05) is 78.5 Å². The predicted octanol–water partition coefficient (Wildman–Crippen LogP) is 7.82. The lowest BCUT2D eigenvalue weighted by Gasteiger charge is -2.11. The number of carbonyl (C=O) groups excluding carboxylic acids is 1. The van der Waals surface area contributed by atoms with Gasteiger partial charge in [-0.25, -0.2) is 9.18 Å². The number of hydrogen-bond donors (Lipinski definition) is 3. The number of H-pyrrole nitrogens is 1. The van der Waals surface area contributed by atoms with Crippen molar-refractivity contribution in [3.05, 3.63) is 138 Å². The van der Waals surface area contributed by atoms with Crippen LogP contribution in [0.25, 0.3) is 33.2 Å². The third kappa shape index (κ3) is 5.80. The van der Waals surface area contributed by atoms with E-state index in [9.17, 15) is 14.0 Å². The summed E-state index contributed by atoms with van der Waals surface area (Å²) < 4.78 is 13.6. The first kappa shape index (κ1) is 27.0. The Bertz CT molecular complexity index is 1890. The number of aromatic carboxylic acids is 1. The molecule has 0 aliphatic carbocycles. The highest BCUT2D eigenvalue weighted by atomic mass is 32.2. The van der Waals surface area contributed by atoms with E-state index in [0.717, 1.165) is 32.7 Å². The summed E-state index contributed by atoms with van der Waals surface area (Å²) in [6.45, 7) is 0.211. The topological polar surface area (TPSA) is 95.1 Å². The minimum Gasteiger partial charge on any atom is -0.478 e. The third-order valence-electron chi connectivity index (χ3n) is 6.88. The van der Waals surface area contributed by atoms with Gasteiger partial charge in [-0.15, -0.1) is 0 Å². The van der Waals surface area contributed by atoms with E-state index in [1.54, 1.807) is 30.3 Å². The second-order valence-electron chi connectivity index (χ2n) is 9.66. The molecule has 0 aliphatic heterocycles. The molecule has 1 amide bonds. The number of nitrogens with one attached hydrogen (secondary N) is 2. The first-order valence-corrected chi connectivity index (χ1v) is 14.0. The van der Waals surface area contributed by atoms with Crippen LogP contribution in [0, 0.1) is 5.82 Å². The van der Waals surface area contributed by atoms with Crippen LogP contribution in [0.5, 0.6) is 0 Å². The molecule has 0 bridgehead atoms. The van der Waals surface area contributed by atoms with Crippen molar-refractivity contribution in [2.75, 3.05) is 0 Å². The van der Waals surface area contributed by atoms with Crippen molar-refractivity contribution in [2.45, 2.75) is 16.5 Å². The molecule has 6 nitrogen and oxygen atoms in total. The van der Waals surface area contributed by atoms with Crippen molar-refractivity contribution in [1.82, 2.24) is 15.5 Å². The summed E-state index contributed by atoms with van der Waals surface area (Å²) in [5, 5.41) is 21.1. The second kappa shape index (κ2) is 11.7. The lowest BCUT2D eigenvalue weighted by Crippen LogP contribution is -2.23. The van der Waals surface area contributed by atoms with Gasteiger partial charge in [-0.3, -0.25) is 9.89 Å². The quantitative estimate of drug-likeness (QED) is 0.173. The number of nitrogens with zero attached hydrogens (tertiary/aromatic N) is 1. The summed E-state index contributed by atoms with van der Waals surface area (Å²) >= 11 is 1.45. The molecule has 8 heteroatoms. The van der Waals surface area contributed by atoms with Gasteiger partial charge in [-0.05, 0) is 76.3 Å². The minimum atomic E-state index is -1.01. The zero-order valence-electron chi connectivity index (χ0n) is 22.2. The highest BCUT2D eigenvalue weighted by Crippen LogP contribution is 2.37. The van der Waals surface area contributed by atoms with Gasteiger partial charge < -0.3 is 10.4 Å². The van der Waals surface area contributed by atoms with E-state index < -0.39 is 5.97 Å². The molecular formula is C34H24FN3O3S. The molecule has 6 aromatic rings. The Kier molecular flexibility index (Phi) is 7.53. The molecule has 0 atom stereocenters. The molecule has 0 aliphatic rings. The highest BCUT2D eigenvalue weighted by Gasteiger charge is 2.19. The predicted molar refractivity (Wildman–Crippen MR) is 162 cm³/mol. The smallest absolute Gasteiger partial charge is 0.335 e. The number of aromatic nitrogens is 2. The summed E-state index contributed by atoms with van der Waals surface area (Å²) in [5.74, 6) is -1.66. The number of carboxylic acid groups (broad SMARTS) is 1. The van der Waals surface area contributed by atoms with Gasteiger partial charge in [0.25, 0.3) is 5.91 Å². The third-order valence-corrected chi connectivity index (χ3v) is 7.88. The van der Waals surface area contributed by atoms with Crippen LogP contribution in [0.4, 0.5) is 4.39 Å². The summed E-state index contributed by atoms with van der Waals surface area (Å²) in [5.41, 5.74) is 5.77. The molecule has 0 saturated carbocycles. The fourth-order valence-corrected chi connectivity index (χ4v) is 5.60. The van der Waals surface area contributed by atoms with Crippen LogP contribution in [0.2, 0.25) is 0 Å².